The van der Waals surface area contributed by atoms with Crippen molar-refractivity contribution in [1.82, 2.24) is 0 Å². The van der Waals surface area contributed by atoms with Gasteiger partial charge >= 0.3 is 0 Å². The van der Waals surface area contributed by atoms with Crippen LogP contribution < -0.4 is 0 Å². The van der Waals surface area contributed by atoms with Crippen molar-refractivity contribution in [3.05, 3.63) is 228 Å². The first-order valence-electron chi connectivity index (χ1n) is 29.6. The van der Waals surface area contributed by atoms with Crippen molar-refractivity contribution < 1.29 is 28.4 Å². The Kier molecular flexibility index (Phi) is 15.4. The monoisotopic (exact) mass is 1080 g/mol. The highest BCUT2D eigenvalue weighted by Gasteiger charge is 2.47. The van der Waals surface area contributed by atoms with E-state index in [9.17, 15) is 0 Å². The molecular weight excluding hydrogens is 997 g/mol. The minimum Gasteiger partial charge on any atom is -0.359 e. The molecule has 0 spiro atoms. The Morgan fingerprint density at radius 3 is 0.556 bits per heavy atom. The van der Waals surface area contributed by atoms with Crippen LogP contribution in [-0.2, 0) is 61.5 Å². The Bertz CT molecular complexity index is 3360. The van der Waals surface area contributed by atoms with Crippen LogP contribution in [0.1, 0.15) is 131 Å². The summed E-state index contributed by atoms with van der Waals surface area (Å²) < 4.78 is 36.8. The van der Waals surface area contributed by atoms with Gasteiger partial charge in [-0.25, -0.2) is 0 Å². The molecule has 8 aromatic rings. The van der Waals surface area contributed by atoms with Crippen LogP contribution in [0.2, 0.25) is 0 Å². The SMILES string of the molecule is COCOC12CCC(C)(CC1)c1ccc(cc1)-c1ccc(cc1)-c1ccc(cc1)C1(C)CCC(C)(CC1)c1ccc(cc1)-c1ccc(cc1)C1(OCOC)CCC(OCOC)(CC1)c1ccc(cc1)-c1ccc(cc1)-c1ccc2cc1. The van der Waals surface area contributed by atoms with Crippen molar-refractivity contribution in [3.8, 4) is 55.6 Å². The number of hydrogen-bond acceptors (Lipinski definition) is 6. The van der Waals surface area contributed by atoms with E-state index in [1.807, 2.05) is 0 Å². The second-order valence-electron chi connectivity index (χ2n) is 24.9. The Morgan fingerprint density at radius 1 is 0.222 bits per heavy atom. The van der Waals surface area contributed by atoms with Gasteiger partial charge in [0.15, 0.2) is 0 Å². The molecule has 26 aliphatic rings. The quantitative estimate of drug-likeness (QED) is 0.134. The predicted molar refractivity (Wildman–Crippen MR) is 328 cm³/mol. The van der Waals surface area contributed by atoms with Crippen LogP contribution in [0.4, 0.5) is 0 Å². The number of ether oxygens (including phenoxy) is 6. The molecule has 34 rings (SSSR count). The highest BCUT2D eigenvalue weighted by atomic mass is 16.7. The third kappa shape index (κ3) is 10.8. The van der Waals surface area contributed by atoms with E-state index in [1.54, 1.807) is 21.3 Å². The summed E-state index contributed by atoms with van der Waals surface area (Å²) in [7, 11) is 5.12. The molecule has 22 bridgehead atoms. The maximum absolute atomic E-state index is 6.72. The summed E-state index contributed by atoms with van der Waals surface area (Å²) in [5.74, 6) is 0. The van der Waals surface area contributed by atoms with Crippen molar-refractivity contribution in [3.63, 3.8) is 0 Å². The predicted octanol–water partition coefficient (Wildman–Crippen LogP) is 18.4. The zero-order valence-electron chi connectivity index (χ0n) is 48.5. The minimum absolute atomic E-state index is 0.0398. The maximum Gasteiger partial charge on any atom is 0.147 e. The third-order valence-corrected chi connectivity index (χ3v) is 20.3. The number of methoxy groups -OCH3 is 3. The fraction of sp³-hybridized carbons (Fsp3) is 0.360. The Hall–Kier alpha value is -6.48. The van der Waals surface area contributed by atoms with Crippen LogP contribution in [0.15, 0.2) is 194 Å². The van der Waals surface area contributed by atoms with Crippen molar-refractivity contribution in [2.24, 2.45) is 0 Å². The molecule has 26 aliphatic carbocycles. The largest absolute Gasteiger partial charge is 0.359 e. The van der Waals surface area contributed by atoms with Gasteiger partial charge in [-0.05, 0) is 182 Å². The summed E-state index contributed by atoms with van der Waals surface area (Å²) >= 11 is 0. The molecule has 8 aromatic carbocycles. The van der Waals surface area contributed by atoms with Gasteiger partial charge in [0.05, 0.1) is 16.8 Å². The molecular formula is C75H80O6. The van der Waals surface area contributed by atoms with Gasteiger partial charge in [0.25, 0.3) is 0 Å². The molecule has 0 aromatic heterocycles. The topological polar surface area (TPSA) is 55.4 Å². The Balaban J connectivity index is 0.837. The standard InChI is InChI=1S/C75H80O6/c1-70-39-41-71(2,42-40-70)65-29-19-60(20-30-65)63-25-37-69(38-26-63)75(81-53-78-6)49-47-74(48-50-75,80-52-77-5)68-35-23-62(24-36-68)57-13-11-56(12-14-57)61-21-33-67(34-22-61)73(79-51-76-4)45-43-72(3,44-46-73)66-31-17-59(18-32-66)55-9-7-54(8-10-55)58-15-27-64(70)28-16-58/h7-38H,39-53H2,1-6H3. The van der Waals surface area contributed by atoms with E-state index in [4.69, 9.17) is 28.4 Å². The molecule has 0 N–H and O–H groups in total. The Labute approximate surface area is 481 Å². The minimum atomic E-state index is -0.526. The van der Waals surface area contributed by atoms with Crippen LogP contribution in [0, 0.1) is 0 Å². The van der Waals surface area contributed by atoms with E-state index in [-0.39, 0.29) is 36.6 Å². The highest BCUT2D eigenvalue weighted by Crippen LogP contribution is 2.53. The van der Waals surface area contributed by atoms with Crippen LogP contribution in [0.25, 0.3) is 55.6 Å². The van der Waals surface area contributed by atoms with Gasteiger partial charge in [-0.2, -0.15) is 0 Å². The lowest BCUT2D eigenvalue weighted by Crippen LogP contribution is -2.43. The molecule has 81 heavy (non-hydrogen) atoms. The highest BCUT2D eigenvalue weighted by molar-refractivity contribution is 5.73. The molecule has 6 heteroatoms. The summed E-state index contributed by atoms with van der Waals surface area (Å²) in [4.78, 5) is 0. The lowest BCUT2D eigenvalue weighted by molar-refractivity contribution is -0.203. The fourth-order valence-corrected chi connectivity index (χ4v) is 14.4. The molecule has 0 amide bonds. The normalized spacial score (nSPS) is 26.0. The molecule has 6 nitrogen and oxygen atoms in total. The maximum atomic E-state index is 6.72. The fourth-order valence-electron chi connectivity index (χ4n) is 14.4. The van der Waals surface area contributed by atoms with E-state index in [0.717, 1.165) is 88.2 Å². The average molecular weight is 1080 g/mol. The van der Waals surface area contributed by atoms with Gasteiger partial charge in [0, 0.05) is 21.3 Å². The molecule has 0 unspecified atom stereocenters. The first kappa shape index (κ1) is 55.1. The lowest BCUT2D eigenvalue weighted by Gasteiger charge is -2.46. The smallest absolute Gasteiger partial charge is 0.147 e. The van der Waals surface area contributed by atoms with Gasteiger partial charge in [-0.3, -0.25) is 0 Å². The molecule has 0 saturated heterocycles. The lowest BCUT2D eigenvalue weighted by atomic mass is 9.60. The van der Waals surface area contributed by atoms with Crippen molar-refractivity contribution >= 4 is 0 Å². The first-order valence-corrected chi connectivity index (χ1v) is 29.6. The van der Waals surface area contributed by atoms with E-state index < -0.39 is 16.8 Å². The second-order valence-corrected chi connectivity index (χ2v) is 24.9. The summed E-state index contributed by atoms with van der Waals surface area (Å²) in [5.41, 5.74) is 18.8. The van der Waals surface area contributed by atoms with E-state index in [1.165, 1.54) is 77.9 Å². The zero-order chi connectivity index (χ0) is 55.7. The molecule has 0 atom stereocenters. The van der Waals surface area contributed by atoms with Gasteiger partial charge in [0.2, 0.25) is 0 Å². The third-order valence-electron chi connectivity index (χ3n) is 20.3. The van der Waals surface area contributed by atoms with Crippen molar-refractivity contribution in [2.75, 3.05) is 41.7 Å². The van der Waals surface area contributed by atoms with Crippen LogP contribution in [-0.4, -0.2) is 41.7 Å². The molecule has 3 saturated carbocycles. The van der Waals surface area contributed by atoms with E-state index >= 15 is 0 Å². The summed E-state index contributed by atoms with van der Waals surface area (Å²) in [5, 5.41) is 0. The zero-order valence-corrected chi connectivity index (χ0v) is 48.5. The van der Waals surface area contributed by atoms with Gasteiger partial charge in [-0.1, -0.05) is 215 Å². The molecule has 3 fully saturated rings. The van der Waals surface area contributed by atoms with Gasteiger partial charge in [-0.15, -0.1) is 0 Å². The van der Waals surface area contributed by atoms with E-state index in [0.29, 0.717) is 0 Å². The van der Waals surface area contributed by atoms with E-state index in [2.05, 4.69) is 215 Å². The van der Waals surface area contributed by atoms with Crippen molar-refractivity contribution in [1.29, 1.82) is 0 Å². The van der Waals surface area contributed by atoms with Crippen molar-refractivity contribution in [2.45, 2.75) is 131 Å². The van der Waals surface area contributed by atoms with Gasteiger partial charge < -0.3 is 28.4 Å². The summed E-state index contributed by atoms with van der Waals surface area (Å²) in [6.07, 6.45) is 11.5. The Morgan fingerprint density at radius 2 is 0.370 bits per heavy atom. The molecule has 0 aliphatic heterocycles. The second kappa shape index (κ2) is 22.7. The number of benzene rings is 8. The molecule has 416 valence electrons. The number of rotatable bonds is 9. The van der Waals surface area contributed by atoms with Crippen LogP contribution >= 0.6 is 0 Å². The molecule has 0 radical (unpaired) electrons. The summed E-state index contributed by atoms with van der Waals surface area (Å²) in [6, 6.07) is 73.3. The van der Waals surface area contributed by atoms with Crippen LogP contribution in [0.3, 0.4) is 0 Å². The average Bonchev–Trinajstić information content (AvgIpc) is 3.54. The number of hydrogen-bond donors (Lipinski definition) is 0. The van der Waals surface area contributed by atoms with Gasteiger partial charge in [0.1, 0.15) is 20.4 Å². The van der Waals surface area contributed by atoms with Crippen LogP contribution in [0.5, 0.6) is 0 Å². The summed E-state index contributed by atoms with van der Waals surface area (Å²) in [6.45, 7) is 8.07. The first-order chi connectivity index (χ1) is 39.4. The molecule has 0 heterocycles.